The second-order valence-electron chi connectivity index (χ2n) is 9.64. The SMILES string of the molecule is CC(C)(C)C1(NC(=O)O)CCC(Nc2cc(NC(=O)c3ccccc3)c3nccn3n2)CC1. The molecule has 174 valence electrons. The van der Waals surface area contributed by atoms with Crippen LogP contribution in [-0.2, 0) is 0 Å². The van der Waals surface area contributed by atoms with Crippen LogP contribution < -0.4 is 16.0 Å². The van der Waals surface area contributed by atoms with Crippen LogP contribution in [0.1, 0.15) is 56.8 Å². The van der Waals surface area contributed by atoms with Gasteiger partial charge in [0.1, 0.15) is 5.82 Å². The number of aromatic nitrogens is 3. The standard InChI is InChI=1S/C24H30N6O3/c1-23(2,3)24(28-22(32)33)11-9-17(10-12-24)26-19-15-18(20-25-13-14-30(20)29-19)27-21(31)16-7-5-4-6-8-16/h4-8,13-15,17,28H,9-12H2,1-3H3,(H,26,29)(H,27,31)(H,32,33). The van der Waals surface area contributed by atoms with Crippen LogP contribution in [0.25, 0.3) is 5.65 Å². The predicted octanol–water partition coefficient (Wildman–Crippen LogP) is 4.39. The van der Waals surface area contributed by atoms with E-state index in [-0.39, 0.29) is 17.4 Å². The summed E-state index contributed by atoms with van der Waals surface area (Å²) in [6.07, 6.45) is 5.44. The molecule has 0 radical (unpaired) electrons. The lowest BCUT2D eigenvalue weighted by Gasteiger charge is -2.49. The number of anilines is 2. The smallest absolute Gasteiger partial charge is 0.405 e. The Labute approximate surface area is 192 Å². The highest BCUT2D eigenvalue weighted by Crippen LogP contribution is 2.42. The van der Waals surface area contributed by atoms with E-state index in [0.717, 1.165) is 25.7 Å². The van der Waals surface area contributed by atoms with Gasteiger partial charge in [-0.2, -0.15) is 0 Å². The van der Waals surface area contributed by atoms with E-state index < -0.39 is 11.6 Å². The first-order chi connectivity index (χ1) is 15.7. The van der Waals surface area contributed by atoms with E-state index in [1.807, 2.05) is 18.2 Å². The van der Waals surface area contributed by atoms with Gasteiger partial charge in [0.2, 0.25) is 0 Å². The Morgan fingerprint density at radius 3 is 2.48 bits per heavy atom. The molecule has 0 atom stereocenters. The summed E-state index contributed by atoms with van der Waals surface area (Å²) in [5.41, 5.74) is 1.03. The zero-order chi connectivity index (χ0) is 23.6. The molecule has 4 rings (SSSR count). The fourth-order valence-corrected chi connectivity index (χ4v) is 4.59. The molecule has 0 unspecified atom stereocenters. The van der Waals surface area contributed by atoms with Crippen molar-refractivity contribution in [2.75, 3.05) is 10.6 Å². The normalized spacial score (nSPS) is 20.9. The molecular formula is C24H30N6O3. The molecule has 0 spiro atoms. The fourth-order valence-electron chi connectivity index (χ4n) is 4.59. The Bertz CT molecular complexity index is 1140. The number of carbonyl (C=O) groups excluding carboxylic acids is 1. The highest BCUT2D eigenvalue weighted by atomic mass is 16.4. The maximum Gasteiger partial charge on any atom is 0.405 e. The first-order valence-corrected chi connectivity index (χ1v) is 11.2. The molecule has 1 aromatic carbocycles. The van der Waals surface area contributed by atoms with E-state index in [4.69, 9.17) is 0 Å². The van der Waals surface area contributed by atoms with Crippen molar-refractivity contribution in [1.82, 2.24) is 19.9 Å². The molecule has 2 heterocycles. The molecule has 1 fully saturated rings. The second kappa shape index (κ2) is 8.73. The van der Waals surface area contributed by atoms with Crippen molar-refractivity contribution >= 4 is 29.2 Å². The minimum Gasteiger partial charge on any atom is -0.465 e. The van der Waals surface area contributed by atoms with Crippen LogP contribution in [0.5, 0.6) is 0 Å². The number of nitrogens with zero attached hydrogens (tertiary/aromatic N) is 3. The Balaban J connectivity index is 1.51. The summed E-state index contributed by atoms with van der Waals surface area (Å²) in [5, 5.41) is 23.2. The van der Waals surface area contributed by atoms with Crippen LogP contribution in [0, 0.1) is 5.41 Å². The monoisotopic (exact) mass is 450 g/mol. The lowest BCUT2D eigenvalue weighted by molar-refractivity contribution is 0.0804. The molecule has 33 heavy (non-hydrogen) atoms. The minimum atomic E-state index is -0.984. The molecule has 9 heteroatoms. The number of carboxylic acid groups (broad SMARTS) is 1. The van der Waals surface area contributed by atoms with E-state index in [2.05, 4.69) is 46.8 Å². The first kappa shape index (κ1) is 22.6. The van der Waals surface area contributed by atoms with Crippen molar-refractivity contribution in [3.05, 3.63) is 54.4 Å². The third-order valence-electron chi connectivity index (χ3n) is 6.62. The second-order valence-corrected chi connectivity index (χ2v) is 9.64. The van der Waals surface area contributed by atoms with Crippen molar-refractivity contribution in [3.63, 3.8) is 0 Å². The summed E-state index contributed by atoms with van der Waals surface area (Å²) >= 11 is 0. The Morgan fingerprint density at radius 2 is 1.85 bits per heavy atom. The van der Waals surface area contributed by atoms with E-state index in [9.17, 15) is 14.7 Å². The lowest BCUT2D eigenvalue weighted by Crippen LogP contribution is -2.59. The van der Waals surface area contributed by atoms with E-state index >= 15 is 0 Å². The molecule has 1 saturated carbocycles. The maximum atomic E-state index is 12.7. The number of amides is 2. The van der Waals surface area contributed by atoms with Crippen molar-refractivity contribution < 1.29 is 14.7 Å². The first-order valence-electron chi connectivity index (χ1n) is 11.2. The van der Waals surface area contributed by atoms with Crippen LogP contribution in [0.15, 0.2) is 48.8 Å². The van der Waals surface area contributed by atoms with Gasteiger partial charge in [0.05, 0.1) is 5.69 Å². The van der Waals surface area contributed by atoms with Gasteiger partial charge in [0, 0.05) is 35.6 Å². The van der Waals surface area contributed by atoms with Crippen LogP contribution in [0.4, 0.5) is 16.3 Å². The predicted molar refractivity (Wildman–Crippen MR) is 127 cm³/mol. The number of benzene rings is 1. The van der Waals surface area contributed by atoms with E-state index in [1.54, 1.807) is 35.1 Å². The number of hydrogen-bond acceptors (Lipinski definition) is 5. The van der Waals surface area contributed by atoms with Gasteiger partial charge < -0.3 is 21.1 Å². The molecule has 3 aromatic rings. The molecule has 0 aliphatic heterocycles. The Kier molecular flexibility index (Phi) is 5.97. The van der Waals surface area contributed by atoms with Crippen molar-refractivity contribution in [1.29, 1.82) is 0 Å². The highest BCUT2D eigenvalue weighted by molar-refractivity contribution is 6.06. The topological polar surface area (TPSA) is 121 Å². The summed E-state index contributed by atoms with van der Waals surface area (Å²) in [5.74, 6) is 0.410. The fraction of sp³-hybridized carbons (Fsp3) is 0.417. The maximum absolute atomic E-state index is 12.7. The summed E-state index contributed by atoms with van der Waals surface area (Å²) in [6, 6.07) is 11.0. The zero-order valence-electron chi connectivity index (χ0n) is 19.1. The van der Waals surface area contributed by atoms with Crippen LogP contribution >= 0.6 is 0 Å². The van der Waals surface area contributed by atoms with Crippen molar-refractivity contribution in [2.45, 2.75) is 58.0 Å². The van der Waals surface area contributed by atoms with Gasteiger partial charge in [0.15, 0.2) is 5.65 Å². The van der Waals surface area contributed by atoms with Gasteiger partial charge in [-0.15, -0.1) is 5.10 Å². The summed E-state index contributed by atoms with van der Waals surface area (Å²) in [4.78, 5) is 28.5. The summed E-state index contributed by atoms with van der Waals surface area (Å²) in [7, 11) is 0. The van der Waals surface area contributed by atoms with E-state index in [1.165, 1.54) is 0 Å². The number of carbonyl (C=O) groups is 2. The number of imidazole rings is 1. The largest absolute Gasteiger partial charge is 0.465 e. The lowest BCUT2D eigenvalue weighted by atomic mass is 9.64. The van der Waals surface area contributed by atoms with E-state index in [0.29, 0.717) is 22.7 Å². The molecule has 0 saturated heterocycles. The third kappa shape index (κ3) is 4.76. The summed E-state index contributed by atoms with van der Waals surface area (Å²) in [6.45, 7) is 6.23. The number of hydrogen-bond donors (Lipinski definition) is 4. The quantitative estimate of drug-likeness (QED) is 0.458. The Morgan fingerprint density at radius 1 is 1.15 bits per heavy atom. The highest BCUT2D eigenvalue weighted by Gasteiger charge is 2.45. The number of rotatable bonds is 5. The molecule has 2 aromatic heterocycles. The van der Waals surface area contributed by atoms with Gasteiger partial charge in [-0.05, 0) is 43.2 Å². The average Bonchev–Trinajstić information content (AvgIpc) is 3.23. The van der Waals surface area contributed by atoms with Gasteiger partial charge >= 0.3 is 6.09 Å². The molecule has 1 aliphatic rings. The van der Waals surface area contributed by atoms with Crippen LogP contribution in [0.2, 0.25) is 0 Å². The van der Waals surface area contributed by atoms with Crippen LogP contribution in [0.3, 0.4) is 0 Å². The van der Waals surface area contributed by atoms with Crippen molar-refractivity contribution in [3.8, 4) is 0 Å². The number of nitrogens with one attached hydrogen (secondary N) is 3. The third-order valence-corrected chi connectivity index (χ3v) is 6.62. The molecule has 4 N–H and O–H groups in total. The van der Waals surface area contributed by atoms with Crippen molar-refractivity contribution in [2.24, 2.45) is 5.41 Å². The minimum absolute atomic E-state index is 0.141. The van der Waals surface area contributed by atoms with Gasteiger partial charge in [-0.3, -0.25) is 4.79 Å². The molecular weight excluding hydrogens is 420 g/mol. The molecule has 0 bridgehead atoms. The van der Waals surface area contributed by atoms with Gasteiger partial charge in [-0.25, -0.2) is 14.3 Å². The van der Waals surface area contributed by atoms with Gasteiger partial charge in [0.25, 0.3) is 5.91 Å². The molecule has 1 aliphatic carbocycles. The summed E-state index contributed by atoms with van der Waals surface area (Å²) < 4.78 is 1.64. The van der Waals surface area contributed by atoms with Crippen LogP contribution in [-0.4, -0.2) is 43.3 Å². The average molecular weight is 451 g/mol. The number of fused-ring (bicyclic) bond motifs is 1. The van der Waals surface area contributed by atoms with Gasteiger partial charge in [-0.1, -0.05) is 39.0 Å². The zero-order valence-corrected chi connectivity index (χ0v) is 19.1. The molecule has 9 nitrogen and oxygen atoms in total. The molecule has 2 amide bonds. The Hall–Kier alpha value is -3.62.